The molecule has 0 saturated heterocycles. The molecule has 3 N–H and O–H groups in total. The van der Waals surface area contributed by atoms with Crippen LogP contribution in [0.15, 0.2) is 35.1 Å². The number of ether oxygens (including phenoxy) is 1. The predicted octanol–water partition coefficient (Wildman–Crippen LogP) is 1.97. The SMILES string of the molecule is CC(C)c1ccc(OCc2nc(CCN)cc(=O)[nH]2)cc1. The summed E-state index contributed by atoms with van der Waals surface area (Å²) in [5.41, 5.74) is 7.25. The van der Waals surface area contributed by atoms with E-state index in [4.69, 9.17) is 10.5 Å². The maximum atomic E-state index is 11.5. The van der Waals surface area contributed by atoms with Crippen LogP contribution < -0.4 is 16.0 Å². The second kappa shape index (κ2) is 7.04. The Labute approximate surface area is 124 Å². The van der Waals surface area contributed by atoms with Crippen molar-refractivity contribution in [2.45, 2.75) is 32.8 Å². The van der Waals surface area contributed by atoms with Crippen LogP contribution in [0, 0.1) is 0 Å². The molecule has 0 aliphatic rings. The topological polar surface area (TPSA) is 81.0 Å². The van der Waals surface area contributed by atoms with E-state index in [1.807, 2.05) is 24.3 Å². The highest BCUT2D eigenvalue weighted by Gasteiger charge is 2.03. The Kier molecular flexibility index (Phi) is 5.11. The number of aromatic nitrogens is 2. The molecule has 0 spiro atoms. The summed E-state index contributed by atoms with van der Waals surface area (Å²) in [6.07, 6.45) is 0.583. The van der Waals surface area contributed by atoms with E-state index in [9.17, 15) is 4.79 Å². The molecule has 0 unspecified atom stereocenters. The maximum Gasteiger partial charge on any atom is 0.251 e. The molecular formula is C16H21N3O2. The molecule has 2 aromatic rings. The van der Waals surface area contributed by atoms with E-state index in [-0.39, 0.29) is 12.2 Å². The number of aromatic amines is 1. The summed E-state index contributed by atoms with van der Waals surface area (Å²) < 4.78 is 5.65. The van der Waals surface area contributed by atoms with E-state index in [2.05, 4.69) is 23.8 Å². The minimum atomic E-state index is -0.179. The van der Waals surface area contributed by atoms with Crippen LogP contribution in [-0.4, -0.2) is 16.5 Å². The van der Waals surface area contributed by atoms with Crippen molar-refractivity contribution in [2.24, 2.45) is 5.73 Å². The number of hydrogen-bond donors (Lipinski definition) is 2. The molecule has 1 aromatic heterocycles. The van der Waals surface area contributed by atoms with Gasteiger partial charge in [-0.15, -0.1) is 0 Å². The first kappa shape index (κ1) is 15.3. The number of nitrogens with one attached hydrogen (secondary N) is 1. The zero-order chi connectivity index (χ0) is 15.2. The minimum absolute atomic E-state index is 0.179. The quantitative estimate of drug-likeness (QED) is 0.851. The van der Waals surface area contributed by atoms with Gasteiger partial charge in [0.15, 0.2) is 0 Å². The smallest absolute Gasteiger partial charge is 0.251 e. The van der Waals surface area contributed by atoms with E-state index in [1.165, 1.54) is 11.6 Å². The fourth-order valence-electron chi connectivity index (χ4n) is 2.01. The Morgan fingerprint density at radius 1 is 1.29 bits per heavy atom. The largest absolute Gasteiger partial charge is 0.486 e. The Balaban J connectivity index is 2.03. The monoisotopic (exact) mass is 287 g/mol. The molecular weight excluding hydrogens is 266 g/mol. The zero-order valence-corrected chi connectivity index (χ0v) is 12.4. The van der Waals surface area contributed by atoms with Crippen LogP contribution in [0.5, 0.6) is 5.75 Å². The van der Waals surface area contributed by atoms with Crippen molar-refractivity contribution in [1.29, 1.82) is 0 Å². The molecule has 5 heteroatoms. The number of nitrogens with two attached hydrogens (primary N) is 1. The van der Waals surface area contributed by atoms with Crippen LogP contribution >= 0.6 is 0 Å². The average Bonchev–Trinajstić information content (AvgIpc) is 2.45. The number of H-pyrrole nitrogens is 1. The van der Waals surface area contributed by atoms with Crippen molar-refractivity contribution < 1.29 is 4.74 Å². The molecule has 0 aliphatic carbocycles. The molecule has 112 valence electrons. The third kappa shape index (κ3) is 4.43. The van der Waals surface area contributed by atoms with Gasteiger partial charge in [0.25, 0.3) is 5.56 Å². The summed E-state index contributed by atoms with van der Waals surface area (Å²) in [6, 6.07) is 9.41. The summed E-state index contributed by atoms with van der Waals surface area (Å²) in [5.74, 6) is 1.76. The van der Waals surface area contributed by atoms with Crippen molar-refractivity contribution in [2.75, 3.05) is 6.54 Å². The summed E-state index contributed by atoms with van der Waals surface area (Å²) in [5, 5.41) is 0. The first-order valence-electron chi connectivity index (χ1n) is 7.10. The van der Waals surface area contributed by atoms with Gasteiger partial charge in [0, 0.05) is 18.2 Å². The van der Waals surface area contributed by atoms with Gasteiger partial charge >= 0.3 is 0 Å². The molecule has 0 amide bonds. The highest BCUT2D eigenvalue weighted by Crippen LogP contribution is 2.18. The van der Waals surface area contributed by atoms with Crippen LogP contribution in [0.2, 0.25) is 0 Å². The summed E-state index contributed by atoms with van der Waals surface area (Å²) in [6.45, 7) is 4.99. The Hall–Kier alpha value is -2.14. The fraction of sp³-hybridized carbons (Fsp3) is 0.375. The van der Waals surface area contributed by atoms with E-state index in [1.54, 1.807) is 0 Å². The molecule has 0 aliphatic heterocycles. The van der Waals surface area contributed by atoms with Gasteiger partial charge in [-0.25, -0.2) is 4.98 Å². The Bertz CT molecular complexity index is 633. The van der Waals surface area contributed by atoms with Crippen molar-refractivity contribution in [3.05, 3.63) is 57.8 Å². The number of benzene rings is 1. The first-order chi connectivity index (χ1) is 10.1. The lowest BCUT2D eigenvalue weighted by Gasteiger charge is -2.09. The van der Waals surface area contributed by atoms with Crippen molar-refractivity contribution >= 4 is 0 Å². The summed E-state index contributed by atoms with van der Waals surface area (Å²) in [7, 11) is 0. The van der Waals surface area contributed by atoms with Crippen LogP contribution in [0.1, 0.15) is 36.8 Å². The Morgan fingerprint density at radius 2 is 2.00 bits per heavy atom. The van der Waals surface area contributed by atoms with E-state index in [0.717, 1.165) is 5.75 Å². The lowest BCUT2D eigenvalue weighted by molar-refractivity contribution is 0.295. The lowest BCUT2D eigenvalue weighted by atomic mass is 10.0. The minimum Gasteiger partial charge on any atom is -0.486 e. The van der Waals surface area contributed by atoms with Crippen molar-refractivity contribution in [3.63, 3.8) is 0 Å². The van der Waals surface area contributed by atoms with Crippen LogP contribution in [0.4, 0.5) is 0 Å². The normalized spacial score (nSPS) is 10.9. The van der Waals surface area contributed by atoms with Crippen LogP contribution in [-0.2, 0) is 13.0 Å². The van der Waals surface area contributed by atoms with E-state index >= 15 is 0 Å². The molecule has 0 saturated carbocycles. The molecule has 2 rings (SSSR count). The Morgan fingerprint density at radius 3 is 2.62 bits per heavy atom. The van der Waals surface area contributed by atoms with Gasteiger partial charge < -0.3 is 15.5 Å². The number of nitrogens with zero attached hydrogens (tertiary/aromatic N) is 1. The van der Waals surface area contributed by atoms with Crippen molar-refractivity contribution in [3.8, 4) is 5.75 Å². The fourth-order valence-corrected chi connectivity index (χ4v) is 2.01. The van der Waals surface area contributed by atoms with E-state index in [0.29, 0.717) is 30.4 Å². The third-order valence-electron chi connectivity index (χ3n) is 3.17. The maximum absolute atomic E-state index is 11.5. The molecule has 0 atom stereocenters. The molecule has 5 nitrogen and oxygen atoms in total. The molecule has 1 heterocycles. The predicted molar refractivity (Wildman–Crippen MR) is 82.5 cm³/mol. The van der Waals surface area contributed by atoms with Crippen LogP contribution in [0.3, 0.4) is 0 Å². The standard InChI is InChI=1S/C16H21N3O2/c1-11(2)12-3-5-14(6-4-12)21-10-15-18-13(7-8-17)9-16(20)19-15/h3-6,9,11H,7-8,10,17H2,1-2H3,(H,18,19,20). The number of rotatable bonds is 6. The van der Waals surface area contributed by atoms with Gasteiger partial charge in [-0.05, 0) is 30.2 Å². The van der Waals surface area contributed by atoms with Gasteiger partial charge in [0.1, 0.15) is 18.2 Å². The zero-order valence-electron chi connectivity index (χ0n) is 12.4. The molecule has 0 fully saturated rings. The van der Waals surface area contributed by atoms with Gasteiger partial charge in [-0.2, -0.15) is 0 Å². The second-order valence-corrected chi connectivity index (χ2v) is 5.23. The van der Waals surface area contributed by atoms with Crippen LogP contribution in [0.25, 0.3) is 0 Å². The van der Waals surface area contributed by atoms with E-state index < -0.39 is 0 Å². The van der Waals surface area contributed by atoms with Gasteiger partial charge in [0.2, 0.25) is 0 Å². The number of hydrogen-bond acceptors (Lipinski definition) is 4. The molecule has 1 aromatic carbocycles. The van der Waals surface area contributed by atoms with Gasteiger partial charge in [-0.3, -0.25) is 4.79 Å². The van der Waals surface area contributed by atoms with Gasteiger partial charge in [-0.1, -0.05) is 26.0 Å². The summed E-state index contributed by atoms with van der Waals surface area (Å²) >= 11 is 0. The first-order valence-corrected chi connectivity index (χ1v) is 7.10. The second-order valence-electron chi connectivity index (χ2n) is 5.23. The lowest BCUT2D eigenvalue weighted by Crippen LogP contribution is -2.16. The third-order valence-corrected chi connectivity index (χ3v) is 3.17. The van der Waals surface area contributed by atoms with Crippen molar-refractivity contribution in [1.82, 2.24) is 9.97 Å². The summed E-state index contributed by atoms with van der Waals surface area (Å²) in [4.78, 5) is 18.5. The molecule has 0 bridgehead atoms. The van der Waals surface area contributed by atoms with Gasteiger partial charge in [0.05, 0.1) is 0 Å². The highest BCUT2D eigenvalue weighted by atomic mass is 16.5. The molecule has 21 heavy (non-hydrogen) atoms. The highest BCUT2D eigenvalue weighted by molar-refractivity contribution is 5.28. The molecule has 0 radical (unpaired) electrons. The average molecular weight is 287 g/mol.